The lowest BCUT2D eigenvalue weighted by Crippen LogP contribution is -2.43. The molecule has 0 bridgehead atoms. The summed E-state index contributed by atoms with van der Waals surface area (Å²) in [5.74, 6) is -2.40. The van der Waals surface area contributed by atoms with Crippen molar-refractivity contribution < 1.29 is 28.6 Å². The van der Waals surface area contributed by atoms with Gasteiger partial charge in [0.2, 0.25) is 0 Å². The summed E-state index contributed by atoms with van der Waals surface area (Å²) in [6.45, 7) is 8.32. The summed E-state index contributed by atoms with van der Waals surface area (Å²) in [7, 11) is 1.28. The molecule has 1 aromatic rings. The monoisotopic (exact) mass is 441 g/mol. The van der Waals surface area contributed by atoms with Crippen molar-refractivity contribution in [3.05, 3.63) is 52.4 Å². The zero-order valence-corrected chi connectivity index (χ0v) is 19.3. The van der Waals surface area contributed by atoms with E-state index in [1.807, 2.05) is 52.0 Å². The number of carbonyl (C=O) groups excluding carboxylic acids is 3. The highest BCUT2D eigenvalue weighted by atomic mass is 16.5. The Labute approximate surface area is 188 Å². The van der Waals surface area contributed by atoms with Crippen LogP contribution < -0.4 is 10.1 Å². The third kappa shape index (κ3) is 4.42. The van der Waals surface area contributed by atoms with E-state index in [1.54, 1.807) is 0 Å². The van der Waals surface area contributed by atoms with Gasteiger partial charge in [0.05, 0.1) is 25.9 Å². The first-order valence-corrected chi connectivity index (χ1v) is 11.1. The van der Waals surface area contributed by atoms with Crippen molar-refractivity contribution >= 4 is 17.7 Å². The van der Waals surface area contributed by atoms with E-state index in [2.05, 4.69) is 5.32 Å². The fraction of sp³-hybridized carbons (Fsp3) is 0.480. The Balaban J connectivity index is 2.13. The van der Waals surface area contributed by atoms with Crippen LogP contribution >= 0.6 is 0 Å². The third-order valence-electron chi connectivity index (χ3n) is 5.92. The molecule has 0 saturated heterocycles. The van der Waals surface area contributed by atoms with E-state index in [4.69, 9.17) is 14.2 Å². The molecule has 1 N–H and O–H groups in total. The van der Waals surface area contributed by atoms with Crippen LogP contribution in [0.3, 0.4) is 0 Å². The van der Waals surface area contributed by atoms with E-state index >= 15 is 0 Å². The summed E-state index contributed by atoms with van der Waals surface area (Å²) in [6.07, 6.45) is 1.19. The Morgan fingerprint density at radius 3 is 2.44 bits per heavy atom. The maximum absolute atomic E-state index is 13.6. The number of ketones is 1. The average Bonchev–Trinajstić information content (AvgIpc) is 2.77. The van der Waals surface area contributed by atoms with E-state index in [-0.39, 0.29) is 18.3 Å². The van der Waals surface area contributed by atoms with Crippen LogP contribution in [0, 0.1) is 11.8 Å². The Kier molecular flexibility index (Phi) is 7.38. The maximum Gasteiger partial charge on any atom is 0.336 e. The maximum atomic E-state index is 13.6. The summed E-state index contributed by atoms with van der Waals surface area (Å²) in [6, 6.07) is 7.34. The second-order valence-corrected chi connectivity index (χ2v) is 8.17. The van der Waals surface area contributed by atoms with Gasteiger partial charge in [0, 0.05) is 22.9 Å². The summed E-state index contributed by atoms with van der Waals surface area (Å²) < 4.78 is 15.9. The van der Waals surface area contributed by atoms with Crippen molar-refractivity contribution in [2.75, 3.05) is 20.3 Å². The zero-order valence-electron chi connectivity index (χ0n) is 19.3. The molecule has 0 aromatic heterocycles. The van der Waals surface area contributed by atoms with Crippen LogP contribution in [0.25, 0.3) is 0 Å². The Hall–Kier alpha value is -3.09. The van der Waals surface area contributed by atoms with E-state index in [0.29, 0.717) is 42.0 Å². The molecule has 32 heavy (non-hydrogen) atoms. The van der Waals surface area contributed by atoms with Crippen molar-refractivity contribution in [3.8, 4) is 5.75 Å². The number of benzene rings is 1. The second kappa shape index (κ2) is 10.0. The predicted octanol–water partition coefficient (Wildman–Crippen LogP) is 3.65. The van der Waals surface area contributed by atoms with Crippen LogP contribution in [0.15, 0.2) is 46.8 Å². The molecule has 1 heterocycles. The van der Waals surface area contributed by atoms with Crippen LogP contribution in [-0.2, 0) is 23.9 Å². The highest BCUT2D eigenvalue weighted by Crippen LogP contribution is 2.45. The average molecular weight is 442 g/mol. The topological polar surface area (TPSA) is 90.9 Å². The normalized spacial score (nSPS) is 22.8. The molecule has 1 aromatic carbocycles. The number of dihydropyridines is 1. The lowest BCUT2D eigenvalue weighted by Gasteiger charge is -2.38. The molecule has 1 aliphatic heterocycles. The Bertz CT molecular complexity index is 959. The van der Waals surface area contributed by atoms with Gasteiger partial charge in [-0.3, -0.25) is 9.59 Å². The van der Waals surface area contributed by atoms with Gasteiger partial charge >= 0.3 is 11.9 Å². The van der Waals surface area contributed by atoms with Gasteiger partial charge in [-0.25, -0.2) is 4.79 Å². The smallest absolute Gasteiger partial charge is 0.336 e. The molecule has 3 atom stereocenters. The minimum Gasteiger partial charge on any atom is -0.494 e. The zero-order chi connectivity index (χ0) is 23.4. The van der Waals surface area contributed by atoms with Crippen molar-refractivity contribution in [1.29, 1.82) is 0 Å². The van der Waals surface area contributed by atoms with Gasteiger partial charge < -0.3 is 19.5 Å². The van der Waals surface area contributed by atoms with Crippen LogP contribution in [0.4, 0.5) is 0 Å². The summed E-state index contributed by atoms with van der Waals surface area (Å²) in [5.41, 5.74) is 2.97. The van der Waals surface area contributed by atoms with Gasteiger partial charge in [-0.2, -0.15) is 0 Å². The summed E-state index contributed by atoms with van der Waals surface area (Å²) in [4.78, 5) is 39.1. The van der Waals surface area contributed by atoms with Gasteiger partial charge in [-0.1, -0.05) is 26.0 Å². The molecule has 0 unspecified atom stereocenters. The van der Waals surface area contributed by atoms with E-state index in [0.717, 1.165) is 11.3 Å². The number of nitrogens with one attached hydrogen (secondary N) is 1. The van der Waals surface area contributed by atoms with Gasteiger partial charge in [0.25, 0.3) is 0 Å². The Morgan fingerprint density at radius 2 is 1.84 bits per heavy atom. The quantitative estimate of drug-likeness (QED) is 0.510. The molecule has 3 rings (SSSR count). The third-order valence-corrected chi connectivity index (χ3v) is 5.92. The summed E-state index contributed by atoms with van der Waals surface area (Å²) in [5, 5.41) is 3.26. The molecular weight excluding hydrogens is 410 g/mol. The fourth-order valence-electron chi connectivity index (χ4n) is 4.48. The van der Waals surface area contributed by atoms with Crippen LogP contribution in [0.1, 0.15) is 52.0 Å². The SMILES string of the molecule is CCCOC(=O)C1=C(C)NC2=C(C(=O)[C@@H](C(=O)OC)[C@H](C)C2)[C@H]1c1ccc(OCC)cc1. The fourth-order valence-corrected chi connectivity index (χ4v) is 4.48. The number of rotatable bonds is 7. The van der Waals surface area contributed by atoms with Crippen molar-refractivity contribution in [1.82, 2.24) is 5.32 Å². The van der Waals surface area contributed by atoms with Crippen LogP contribution in [0.2, 0.25) is 0 Å². The first kappa shape index (κ1) is 23.6. The molecule has 0 spiro atoms. The van der Waals surface area contributed by atoms with Gasteiger partial charge in [0.15, 0.2) is 5.78 Å². The lowest BCUT2D eigenvalue weighted by atomic mass is 9.69. The van der Waals surface area contributed by atoms with E-state index < -0.39 is 23.8 Å². The van der Waals surface area contributed by atoms with Crippen LogP contribution in [-0.4, -0.2) is 38.0 Å². The van der Waals surface area contributed by atoms with Crippen molar-refractivity contribution in [2.45, 2.75) is 46.5 Å². The molecular formula is C25H31NO6. The number of esters is 2. The number of Topliss-reactive ketones (excluding diaryl/α,β-unsaturated/α-hetero) is 1. The molecule has 172 valence electrons. The number of hydrogen-bond acceptors (Lipinski definition) is 7. The molecule has 1 aliphatic carbocycles. The standard InChI is InChI=1S/C25H31NO6/c1-6-12-32-25(29)20-15(4)26-18-13-14(3)19(24(28)30-5)23(27)22(18)21(20)16-8-10-17(11-9-16)31-7-2/h8-11,14,19,21,26H,6-7,12-13H2,1-5H3/t14-,19+,21+/m1/s1. The van der Waals surface area contributed by atoms with Gasteiger partial charge in [-0.05, 0) is 50.3 Å². The molecule has 0 saturated carbocycles. The highest BCUT2D eigenvalue weighted by Gasteiger charge is 2.47. The minimum atomic E-state index is -0.905. The second-order valence-electron chi connectivity index (χ2n) is 8.17. The van der Waals surface area contributed by atoms with E-state index in [1.165, 1.54) is 7.11 Å². The van der Waals surface area contributed by atoms with E-state index in [9.17, 15) is 14.4 Å². The molecule has 7 nitrogen and oxygen atoms in total. The number of hydrogen-bond donors (Lipinski definition) is 1. The highest BCUT2D eigenvalue weighted by molar-refractivity contribution is 6.12. The number of carbonyl (C=O) groups is 3. The van der Waals surface area contributed by atoms with Crippen molar-refractivity contribution in [2.24, 2.45) is 11.8 Å². The minimum absolute atomic E-state index is 0.219. The Morgan fingerprint density at radius 1 is 1.16 bits per heavy atom. The molecule has 7 heteroatoms. The van der Waals surface area contributed by atoms with Gasteiger partial charge in [0.1, 0.15) is 11.7 Å². The van der Waals surface area contributed by atoms with Gasteiger partial charge in [-0.15, -0.1) is 0 Å². The lowest BCUT2D eigenvalue weighted by molar-refractivity contribution is -0.151. The van der Waals surface area contributed by atoms with Crippen molar-refractivity contribution in [3.63, 3.8) is 0 Å². The largest absolute Gasteiger partial charge is 0.494 e. The van der Waals surface area contributed by atoms with Crippen LogP contribution in [0.5, 0.6) is 5.75 Å². The molecule has 0 amide bonds. The molecule has 0 radical (unpaired) electrons. The first-order valence-electron chi connectivity index (χ1n) is 11.1. The predicted molar refractivity (Wildman–Crippen MR) is 119 cm³/mol. The number of ether oxygens (including phenoxy) is 3. The number of allylic oxidation sites excluding steroid dienone is 3. The molecule has 2 aliphatic rings. The molecule has 0 fully saturated rings. The number of methoxy groups -OCH3 is 1. The summed E-state index contributed by atoms with van der Waals surface area (Å²) >= 11 is 0. The first-order chi connectivity index (χ1) is 15.3.